The Morgan fingerprint density at radius 2 is 1.16 bits per heavy atom. The van der Waals surface area contributed by atoms with Crippen molar-refractivity contribution in [1.29, 1.82) is 0 Å². The largest absolute Gasteiger partial charge is 0.307 e. The second-order valence-electron chi connectivity index (χ2n) is 11.2. The Labute approximate surface area is 259 Å². The first-order valence-corrected chi connectivity index (χ1v) is 15.7. The van der Waals surface area contributed by atoms with Crippen LogP contribution >= 0.6 is 11.3 Å². The minimum Gasteiger partial charge on any atom is -0.307 e. The van der Waals surface area contributed by atoms with Gasteiger partial charge in [-0.3, -0.25) is 4.98 Å². The van der Waals surface area contributed by atoms with Crippen molar-refractivity contribution in [3.63, 3.8) is 0 Å². The third kappa shape index (κ3) is 3.98. The lowest BCUT2D eigenvalue weighted by atomic mass is 10.0. The molecule has 0 radical (unpaired) electrons. The molecule has 206 valence electrons. The van der Waals surface area contributed by atoms with Crippen molar-refractivity contribution in [3.05, 3.63) is 158 Å². The summed E-state index contributed by atoms with van der Waals surface area (Å²) in [7, 11) is 0. The standard InChI is InChI=1S/C41H26N2S/c1-3-11-27(12-4-1)29-15-9-16-31(23-29)43-38-26-42-37(30-21-22-40-36(24-30)33-17-7-8-20-39(33)44-40)25-35(38)34-19-10-18-32(41(34)43)28-13-5-2-6-14-28/h1-26H. The Bertz CT molecular complexity index is 2490. The summed E-state index contributed by atoms with van der Waals surface area (Å²) in [6, 6.07) is 54.5. The van der Waals surface area contributed by atoms with E-state index in [4.69, 9.17) is 4.98 Å². The van der Waals surface area contributed by atoms with E-state index >= 15 is 0 Å². The topological polar surface area (TPSA) is 17.8 Å². The van der Waals surface area contributed by atoms with Crippen LogP contribution in [0.5, 0.6) is 0 Å². The van der Waals surface area contributed by atoms with Crippen molar-refractivity contribution >= 4 is 53.3 Å². The Morgan fingerprint density at radius 3 is 2.02 bits per heavy atom. The number of para-hydroxylation sites is 1. The number of hydrogen-bond donors (Lipinski definition) is 0. The molecule has 2 nitrogen and oxygen atoms in total. The molecular weight excluding hydrogens is 553 g/mol. The summed E-state index contributed by atoms with van der Waals surface area (Å²) in [4.78, 5) is 5.10. The van der Waals surface area contributed by atoms with E-state index in [-0.39, 0.29) is 0 Å². The highest BCUT2D eigenvalue weighted by Gasteiger charge is 2.18. The number of hydrogen-bond acceptors (Lipinski definition) is 2. The molecule has 0 aliphatic heterocycles. The summed E-state index contributed by atoms with van der Waals surface area (Å²) in [6.45, 7) is 0. The molecular formula is C41H26N2S. The van der Waals surface area contributed by atoms with Gasteiger partial charge >= 0.3 is 0 Å². The number of fused-ring (bicyclic) bond motifs is 6. The lowest BCUT2D eigenvalue weighted by Crippen LogP contribution is -1.96. The Hall–Kier alpha value is -5.51. The highest BCUT2D eigenvalue weighted by Crippen LogP contribution is 2.41. The van der Waals surface area contributed by atoms with Gasteiger partial charge in [-0.2, -0.15) is 0 Å². The van der Waals surface area contributed by atoms with Gasteiger partial charge in [0.05, 0.1) is 22.9 Å². The SMILES string of the molecule is c1ccc(-c2cccc(-n3c4cnc(-c5ccc6sc7ccccc7c6c5)cc4c4cccc(-c5ccccc5)c43)c2)cc1. The number of nitrogens with zero attached hydrogens (tertiary/aromatic N) is 2. The van der Waals surface area contributed by atoms with Crippen molar-refractivity contribution in [2.45, 2.75) is 0 Å². The fourth-order valence-electron chi connectivity index (χ4n) is 6.58. The molecule has 0 saturated carbocycles. The maximum Gasteiger partial charge on any atom is 0.0725 e. The molecule has 0 N–H and O–H groups in total. The molecule has 0 aliphatic carbocycles. The van der Waals surface area contributed by atoms with Gasteiger partial charge in [0.25, 0.3) is 0 Å². The lowest BCUT2D eigenvalue weighted by molar-refractivity contribution is 1.17. The van der Waals surface area contributed by atoms with Crippen LogP contribution < -0.4 is 0 Å². The molecule has 0 bridgehead atoms. The third-order valence-electron chi connectivity index (χ3n) is 8.64. The van der Waals surface area contributed by atoms with E-state index in [2.05, 4.69) is 162 Å². The molecule has 3 heteroatoms. The highest BCUT2D eigenvalue weighted by atomic mass is 32.1. The average molecular weight is 579 g/mol. The van der Waals surface area contributed by atoms with Crippen molar-refractivity contribution in [2.24, 2.45) is 0 Å². The van der Waals surface area contributed by atoms with Crippen LogP contribution in [0, 0.1) is 0 Å². The van der Waals surface area contributed by atoms with Crippen LogP contribution in [0.1, 0.15) is 0 Å². The van der Waals surface area contributed by atoms with Crippen LogP contribution in [0.3, 0.4) is 0 Å². The van der Waals surface area contributed by atoms with Gasteiger partial charge in [-0.05, 0) is 53.1 Å². The zero-order valence-corrected chi connectivity index (χ0v) is 24.6. The van der Waals surface area contributed by atoms with Gasteiger partial charge in [-0.15, -0.1) is 11.3 Å². The summed E-state index contributed by atoms with van der Waals surface area (Å²) in [5.41, 5.74) is 10.3. The smallest absolute Gasteiger partial charge is 0.0725 e. The summed E-state index contributed by atoms with van der Waals surface area (Å²) in [5, 5.41) is 5.01. The van der Waals surface area contributed by atoms with Crippen LogP contribution in [0.4, 0.5) is 0 Å². The molecule has 0 spiro atoms. The molecule has 0 amide bonds. The molecule has 3 aromatic heterocycles. The van der Waals surface area contributed by atoms with E-state index < -0.39 is 0 Å². The zero-order chi connectivity index (χ0) is 29.0. The highest BCUT2D eigenvalue weighted by molar-refractivity contribution is 7.25. The fraction of sp³-hybridized carbons (Fsp3) is 0. The van der Waals surface area contributed by atoms with E-state index in [1.54, 1.807) is 0 Å². The molecule has 0 fully saturated rings. The Morgan fingerprint density at radius 1 is 0.455 bits per heavy atom. The van der Waals surface area contributed by atoms with Gasteiger partial charge < -0.3 is 4.57 Å². The maximum absolute atomic E-state index is 5.10. The normalized spacial score (nSPS) is 11.6. The summed E-state index contributed by atoms with van der Waals surface area (Å²) < 4.78 is 5.02. The van der Waals surface area contributed by atoms with Gasteiger partial charge in [0, 0.05) is 47.8 Å². The second-order valence-corrected chi connectivity index (χ2v) is 12.3. The molecule has 6 aromatic carbocycles. The molecule has 0 atom stereocenters. The number of thiophene rings is 1. The number of pyridine rings is 1. The van der Waals surface area contributed by atoms with Crippen LogP contribution in [-0.4, -0.2) is 9.55 Å². The summed E-state index contributed by atoms with van der Waals surface area (Å²) >= 11 is 1.85. The minimum atomic E-state index is 0.983. The number of rotatable bonds is 4. The maximum atomic E-state index is 5.10. The van der Waals surface area contributed by atoms with Crippen LogP contribution in [0.2, 0.25) is 0 Å². The predicted octanol–water partition coefficient (Wildman–Crippen LogP) is 11.5. The van der Waals surface area contributed by atoms with Crippen LogP contribution in [-0.2, 0) is 0 Å². The van der Waals surface area contributed by atoms with E-state index in [1.165, 1.54) is 58.7 Å². The first-order valence-electron chi connectivity index (χ1n) is 14.9. The van der Waals surface area contributed by atoms with Crippen LogP contribution in [0.15, 0.2) is 158 Å². The van der Waals surface area contributed by atoms with E-state index in [0.717, 1.165) is 22.5 Å². The molecule has 3 heterocycles. The van der Waals surface area contributed by atoms with Gasteiger partial charge in [-0.25, -0.2) is 0 Å². The first-order chi connectivity index (χ1) is 21.8. The van der Waals surface area contributed by atoms with E-state index in [9.17, 15) is 0 Å². The van der Waals surface area contributed by atoms with Crippen molar-refractivity contribution in [2.75, 3.05) is 0 Å². The summed E-state index contributed by atoms with van der Waals surface area (Å²) in [5.74, 6) is 0. The molecule has 44 heavy (non-hydrogen) atoms. The van der Waals surface area contributed by atoms with E-state index in [0.29, 0.717) is 0 Å². The first kappa shape index (κ1) is 25.0. The zero-order valence-electron chi connectivity index (χ0n) is 23.8. The van der Waals surface area contributed by atoms with Crippen molar-refractivity contribution < 1.29 is 0 Å². The molecule has 0 unspecified atom stereocenters. The third-order valence-corrected chi connectivity index (χ3v) is 9.79. The minimum absolute atomic E-state index is 0.983. The number of aromatic nitrogens is 2. The van der Waals surface area contributed by atoms with Crippen molar-refractivity contribution in [1.82, 2.24) is 9.55 Å². The quantitative estimate of drug-likeness (QED) is 0.203. The fourth-order valence-corrected chi connectivity index (χ4v) is 7.67. The predicted molar refractivity (Wildman–Crippen MR) is 188 cm³/mol. The van der Waals surface area contributed by atoms with Crippen LogP contribution in [0.25, 0.3) is 81.2 Å². The Kier molecular flexibility index (Phi) is 5.71. The molecule has 9 rings (SSSR count). The van der Waals surface area contributed by atoms with Gasteiger partial charge in [0.15, 0.2) is 0 Å². The Balaban J connectivity index is 1.31. The molecule has 0 saturated heterocycles. The van der Waals surface area contributed by atoms with Gasteiger partial charge in [-0.1, -0.05) is 115 Å². The molecule has 9 aromatic rings. The average Bonchev–Trinajstić information content (AvgIpc) is 3.64. The van der Waals surface area contributed by atoms with Gasteiger partial charge in [0.2, 0.25) is 0 Å². The lowest BCUT2D eigenvalue weighted by Gasteiger charge is -2.13. The number of benzene rings is 6. The second kappa shape index (κ2) is 10.0. The monoisotopic (exact) mass is 578 g/mol. The van der Waals surface area contributed by atoms with Crippen molar-refractivity contribution in [3.8, 4) is 39.2 Å². The summed E-state index contributed by atoms with van der Waals surface area (Å²) in [6.07, 6.45) is 2.06. The van der Waals surface area contributed by atoms with Gasteiger partial charge in [0.1, 0.15) is 0 Å². The molecule has 0 aliphatic rings. The van der Waals surface area contributed by atoms with E-state index in [1.807, 2.05) is 11.3 Å².